The van der Waals surface area contributed by atoms with Gasteiger partial charge in [-0.2, -0.15) is 18.2 Å². The van der Waals surface area contributed by atoms with Crippen LogP contribution in [0.1, 0.15) is 25.0 Å². The second-order valence-corrected chi connectivity index (χ2v) is 4.15. The molecule has 0 saturated heterocycles. The average molecular weight is 246 g/mol. The topological polar surface area (TPSA) is 63.8 Å². The number of rotatable bonds is 4. The predicted octanol–water partition coefficient (Wildman–Crippen LogP) is 2.29. The Morgan fingerprint density at radius 2 is 2.06 bits per heavy atom. The number of hydrogen-bond acceptors (Lipinski definition) is 4. The summed E-state index contributed by atoms with van der Waals surface area (Å²) in [5, 5.41) is 2.84. The summed E-state index contributed by atoms with van der Waals surface area (Å²) >= 11 is 0. The Kier molecular flexibility index (Phi) is 3.08. The molecule has 1 aliphatic carbocycles. The first-order valence-corrected chi connectivity index (χ1v) is 5.41. The van der Waals surface area contributed by atoms with Gasteiger partial charge in [-0.1, -0.05) is 12.8 Å². The van der Waals surface area contributed by atoms with Crippen molar-refractivity contribution < 1.29 is 13.2 Å². The third kappa shape index (κ3) is 3.47. The van der Waals surface area contributed by atoms with E-state index in [1.165, 1.54) is 12.8 Å². The molecule has 1 fully saturated rings. The molecule has 0 aliphatic heterocycles. The van der Waals surface area contributed by atoms with Gasteiger partial charge in [0.1, 0.15) is 5.82 Å². The standard InChI is InChI=1S/C10H13F3N4/c11-10(12,13)7-5-8(17-9(14)16-7)15-4-3-6-1-2-6/h5-6H,1-4H2,(H3,14,15,16,17). The molecule has 17 heavy (non-hydrogen) atoms. The van der Waals surface area contributed by atoms with E-state index in [-0.39, 0.29) is 11.8 Å². The quantitative estimate of drug-likeness (QED) is 0.855. The van der Waals surface area contributed by atoms with Crippen LogP contribution in [0.5, 0.6) is 0 Å². The van der Waals surface area contributed by atoms with E-state index in [2.05, 4.69) is 15.3 Å². The van der Waals surface area contributed by atoms with Gasteiger partial charge in [0.05, 0.1) is 0 Å². The van der Waals surface area contributed by atoms with Crippen molar-refractivity contribution >= 4 is 11.8 Å². The Bertz CT molecular complexity index is 401. The van der Waals surface area contributed by atoms with Crippen molar-refractivity contribution in [3.8, 4) is 0 Å². The van der Waals surface area contributed by atoms with E-state index in [9.17, 15) is 13.2 Å². The zero-order chi connectivity index (χ0) is 12.5. The first-order chi connectivity index (χ1) is 7.95. The van der Waals surface area contributed by atoms with E-state index >= 15 is 0 Å². The summed E-state index contributed by atoms with van der Waals surface area (Å²) in [6, 6.07) is 0.878. The first kappa shape index (κ1) is 11.9. The van der Waals surface area contributed by atoms with Crippen molar-refractivity contribution in [2.24, 2.45) is 5.92 Å². The van der Waals surface area contributed by atoms with Crippen molar-refractivity contribution in [1.29, 1.82) is 0 Å². The molecule has 4 nitrogen and oxygen atoms in total. The molecule has 0 amide bonds. The van der Waals surface area contributed by atoms with Crippen LogP contribution in [-0.2, 0) is 6.18 Å². The summed E-state index contributed by atoms with van der Waals surface area (Å²) in [4.78, 5) is 6.88. The minimum atomic E-state index is -4.50. The Morgan fingerprint density at radius 3 is 2.65 bits per heavy atom. The minimum Gasteiger partial charge on any atom is -0.370 e. The molecule has 1 aliphatic rings. The highest BCUT2D eigenvalue weighted by Crippen LogP contribution is 2.32. The van der Waals surface area contributed by atoms with Gasteiger partial charge in [0.15, 0.2) is 5.69 Å². The molecule has 0 radical (unpaired) electrons. The van der Waals surface area contributed by atoms with Crippen LogP contribution in [0.15, 0.2) is 6.07 Å². The Labute approximate surface area is 96.4 Å². The fourth-order valence-corrected chi connectivity index (χ4v) is 1.51. The maximum Gasteiger partial charge on any atom is 0.433 e. The third-order valence-electron chi connectivity index (χ3n) is 2.59. The van der Waals surface area contributed by atoms with Crippen molar-refractivity contribution in [3.63, 3.8) is 0 Å². The molecule has 1 saturated carbocycles. The van der Waals surface area contributed by atoms with E-state index in [1.807, 2.05) is 0 Å². The molecule has 7 heteroatoms. The number of halogens is 3. The number of nitrogen functional groups attached to an aromatic ring is 1. The van der Waals surface area contributed by atoms with E-state index in [1.54, 1.807) is 0 Å². The molecular weight excluding hydrogens is 233 g/mol. The summed E-state index contributed by atoms with van der Waals surface area (Å²) in [5.74, 6) is 0.475. The van der Waals surface area contributed by atoms with Gasteiger partial charge in [-0.15, -0.1) is 0 Å². The predicted molar refractivity (Wildman–Crippen MR) is 57.3 cm³/mol. The lowest BCUT2D eigenvalue weighted by molar-refractivity contribution is -0.141. The fraction of sp³-hybridized carbons (Fsp3) is 0.600. The largest absolute Gasteiger partial charge is 0.433 e. The van der Waals surface area contributed by atoms with E-state index in [0.29, 0.717) is 12.5 Å². The Balaban J connectivity index is 2.02. The number of aromatic nitrogens is 2. The monoisotopic (exact) mass is 246 g/mol. The lowest BCUT2D eigenvalue weighted by Gasteiger charge is -2.09. The molecule has 1 heterocycles. The second-order valence-electron chi connectivity index (χ2n) is 4.15. The van der Waals surface area contributed by atoms with E-state index in [0.717, 1.165) is 12.5 Å². The van der Waals surface area contributed by atoms with Gasteiger partial charge in [0.25, 0.3) is 0 Å². The number of alkyl halides is 3. The maximum atomic E-state index is 12.4. The molecule has 3 N–H and O–H groups in total. The van der Waals surface area contributed by atoms with Crippen LogP contribution in [0, 0.1) is 5.92 Å². The highest BCUT2D eigenvalue weighted by Gasteiger charge is 2.33. The zero-order valence-corrected chi connectivity index (χ0v) is 9.09. The number of nitrogens with one attached hydrogen (secondary N) is 1. The maximum absolute atomic E-state index is 12.4. The Hall–Kier alpha value is -1.53. The van der Waals surface area contributed by atoms with Gasteiger partial charge >= 0.3 is 6.18 Å². The molecule has 2 rings (SSSR count). The summed E-state index contributed by atoms with van der Waals surface area (Å²) in [6.45, 7) is 0.610. The number of anilines is 2. The molecule has 1 aromatic rings. The van der Waals surface area contributed by atoms with Crippen LogP contribution < -0.4 is 11.1 Å². The molecule has 1 aromatic heterocycles. The van der Waals surface area contributed by atoms with Gasteiger partial charge in [0, 0.05) is 12.6 Å². The van der Waals surface area contributed by atoms with Crippen molar-refractivity contribution in [3.05, 3.63) is 11.8 Å². The fourth-order valence-electron chi connectivity index (χ4n) is 1.51. The summed E-state index contributed by atoms with van der Waals surface area (Å²) < 4.78 is 37.3. The minimum absolute atomic E-state index is 0.130. The van der Waals surface area contributed by atoms with Gasteiger partial charge in [-0.3, -0.25) is 0 Å². The first-order valence-electron chi connectivity index (χ1n) is 5.41. The third-order valence-corrected chi connectivity index (χ3v) is 2.59. The van der Waals surface area contributed by atoms with Crippen LogP contribution in [0.3, 0.4) is 0 Å². The molecule has 0 spiro atoms. The van der Waals surface area contributed by atoms with Gasteiger partial charge in [0.2, 0.25) is 5.95 Å². The van der Waals surface area contributed by atoms with Crippen LogP contribution in [0.25, 0.3) is 0 Å². The lowest BCUT2D eigenvalue weighted by Crippen LogP contribution is -2.13. The van der Waals surface area contributed by atoms with Gasteiger partial charge in [-0.25, -0.2) is 4.98 Å². The highest BCUT2D eigenvalue weighted by molar-refractivity contribution is 5.41. The lowest BCUT2D eigenvalue weighted by atomic mass is 10.3. The summed E-state index contributed by atoms with van der Waals surface area (Å²) in [7, 11) is 0. The Morgan fingerprint density at radius 1 is 1.35 bits per heavy atom. The second kappa shape index (κ2) is 4.38. The summed E-state index contributed by atoms with van der Waals surface area (Å²) in [6.07, 6.45) is -1.13. The van der Waals surface area contributed by atoms with Gasteiger partial charge < -0.3 is 11.1 Å². The smallest absolute Gasteiger partial charge is 0.370 e. The van der Waals surface area contributed by atoms with Gasteiger partial charge in [-0.05, 0) is 12.3 Å². The molecule has 0 aromatic carbocycles. The number of nitrogens with two attached hydrogens (primary N) is 1. The average Bonchev–Trinajstić information content (AvgIpc) is 2.99. The molecule has 0 bridgehead atoms. The number of nitrogens with zero attached hydrogens (tertiary/aromatic N) is 2. The molecule has 0 unspecified atom stereocenters. The SMILES string of the molecule is Nc1nc(NCCC2CC2)cc(C(F)(F)F)n1. The van der Waals surface area contributed by atoms with E-state index < -0.39 is 11.9 Å². The van der Waals surface area contributed by atoms with Crippen molar-refractivity contribution in [2.75, 3.05) is 17.6 Å². The van der Waals surface area contributed by atoms with Crippen LogP contribution in [0.4, 0.5) is 24.9 Å². The van der Waals surface area contributed by atoms with Crippen LogP contribution in [0.2, 0.25) is 0 Å². The number of hydrogen-bond donors (Lipinski definition) is 2. The normalized spacial score (nSPS) is 15.9. The molecule has 94 valence electrons. The summed E-state index contributed by atoms with van der Waals surface area (Å²) in [5.41, 5.74) is 4.22. The van der Waals surface area contributed by atoms with Crippen molar-refractivity contribution in [2.45, 2.75) is 25.4 Å². The van der Waals surface area contributed by atoms with Crippen LogP contribution in [-0.4, -0.2) is 16.5 Å². The molecular formula is C10H13F3N4. The molecule has 0 atom stereocenters. The zero-order valence-electron chi connectivity index (χ0n) is 9.09. The van der Waals surface area contributed by atoms with E-state index in [4.69, 9.17) is 5.73 Å². The van der Waals surface area contributed by atoms with Crippen LogP contribution >= 0.6 is 0 Å². The highest BCUT2D eigenvalue weighted by atomic mass is 19.4. The van der Waals surface area contributed by atoms with Crippen molar-refractivity contribution in [1.82, 2.24) is 9.97 Å².